The van der Waals surface area contributed by atoms with Crippen LogP contribution in [0.1, 0.15) is 18.2 Å². The Morgan fingerprint density at radius 2 is 1.82 bits per heavy atom. The highest BCUT2D eigenvalue weighted by atomic mass is 16.4. The molecule has 1 aliphatic heterocycles. The topological polar surface area (TPSA) is 67.9 Å². The van der Waals surface area contributed by atoms with Crippen LogP contribution < -0.4 is 4.90 Å². The van der Waals surface area contributed by atoms with Gasteiger partial charge in [-0.2, -0.15) is 0 Å². The molecule has 0 amide bonds. The average molecular weight is 293 g/mol. The fraction of sp³-hybridized carbons (Fsp3) is 0.250. The maximum atomic E-state index is 5.85. The lowest BCUT2D eigenvalue weighted by Crippen LogP contribution is -2.21. The minimum atomic E-state index is 0.230. The normalized spacial score (nSPS) is 17.8. The standard InChI is InChI=1S/C16H15N5O/c1-2-5-12(6-3-1)14-19-20-15(22-14)13-7-10-21(11-13)16-17-8-4-9-18-16/h1-6,8-9,13H,7,10-11H2/t13-/m0/s1. The maximum Gasteiger partial charge on any atom is 0.247 e. The van der Waals surface area contributed by atoms with Crippen LogP contribution in [0, 0.1) is 0 Å². The SMILES string of the molecule is c1ccc(-c2nnc([C@H]3CCN(c4ncccn4)C3)o2)cc1. The van der Waals surface area contributed by atoms with E-state index in [-0.39, 0.29) is 5.92 Å². The summed E-state index contributed by atoms with van der Waals surface area (Å²) in [5.41, 5.74) is 0.947. The summed E-state index contributed by atoms with van der Waals surface area (Å²) in [5.74, 6) is 2.25. The molecular formula is C16H15N5O. The molecule has 6 nitrogen and oxygen atoms in total. The molecule has 1 aliphatic rings. The fourth-order valence-corrected chi connectivity index (χ4v) is 2.69. The van der Waals surface area contributed by atoms with Crippen molar-refractivity contribution in [1.29, 1.82) is 0 Å². The van der Waals surface area contributed by atoms with Gasteiger partial charge in [-0.3, -0.25) is 0 Å². The van der Waals surface area contributed by atoms with Gasteiger partial charge in [-0.25, -0.2) is 9.97 Å². The van der Waals surface area contributed by atoms with Crippen LogP contribution >= 0.6 is 0 Å². The van der Waals surface area contributed by atoms with E-state index in [2.05, 4.69) is 25.1 Å². The van der Waals surface area contributed by atoms with Crippen molar-refractivity contribution in [2.75, 3.05) is 18.0 Å². The summed E-state index contributed by atoms with van der Waals surface area (Å²) in [6, 6.07) is 11.6. The molecule has 0 radical (unpaired) electrons. The number of rotatable bonds is 3. The van der Waals surface area contributed by atoms with Crippen LogP contribution in [0.2, 0.25) is 0 Å². The second-order valence-electron chi connectivity index (χ2n) is 5.29. The van der Waals surface area contributed by atoms with Crippen molar-refractivity contribution in [1.82, 2.24) is 20.2 Å². The van der Waals surface area contributed by atoms with E-state index in [1.165, 1.54) is 0 Å². The Morgan fingerprint density at radius 1 is 1.00 bits per heavy atom. The van der Waals surface area contributed by atoms with Gasteiger partial charge in [0.1, 0.15) is 0 Å². The average Bonchev–Trinajstić information content (AvgIpc) is 3.26. The molecule has 0 saturated carbocycles. The Kier molecular flexibility index (Phi) is 3.27. The molecule has 3 heterocycles. The Labute approximate surface area is 127 Å². The van der Waals surface area contributed by atoms with Gasteiger partial charge >= 0.3 is 0 Å². The Bertz CT molecular complexity index is 743. The summed E-state index contributed by atoms with van der Waals surface area (Å²) in [6.07, 6.45) is 4.49. The molecule has 0 spiro atoms. The zero-order valence-electron chi connectivity index (χ0n) is 12.0. The van der Waals surface area contributed by atoms with E-state index in [1.54, 1.807) is 12.4 Å². The lowest BCUT2D eigenvalue weighted by atomic mass is 10.1. The van der Waals surface area contributed by atoms with Crippen LogP contribution in [-0.4, -0.2) is 33.3 Å². The summed E-state index contributed by atoms with van der Waals surface area (Å²) in [6.45, 7) is 1.71. The monoisotopic (exact) mass is 293 g/mol. The molecule has 0 unspecified atom stereocenters. The lowest BCUT2D eigenvalue weighted by molar-refractivity contribution is 0.468. The number of hydrogen-bond acceptors (Lipinski definition) is 6. The highest BCUT2D eigenvalue weighted by Gasteiger charge is 2.29. The van der Waals surface area contributed by atoms with E-state index in [1.807, 2.05) is 36.4 Å². The summed E-state index contributed by atoms with van der Waals surface area (Å²) < 4.78 is 5.85. The third-order valence-electron chi connectivity index (χ3n) is 3.83. The minimum absolute atomic E-state index is 0.230. The molecule has 22 heavy (non-hydrogen) atoms. The number of aromatic nitrogens is 4. The molecule has 3 aromatic rings. The van der Waals surface area contributed by atoms with Gasteiger partial charge in [0.05, 0.1) is 5.92 Å². The van der Waals surface area contributed by atoms with E-state index in [0.717, 1.165) is 31.0 Å². The second-order valence-corrected chi connectivity index (χ2v) is 5.29. The molecule has 1 atom stereocenters. The summed E-state index contributed by atoms with van der Waals surface area (Å²) in [7, 11) is 0. The Hall–Kier alpha value is -2.76. The number of hydrogen-bond donors (Lipinski definition) is 0. The fourth-order valence-electron chi connectivity index (χ4n) is 2.69. The molecule has 1 aromatic carbocycles. The first-order valence-electron chi connectivity index (χ1n) is 7.31. The van der Waals surface area contributed by atoms with Crippen molar-refractivity contribution in [2.24, 2.45) is 0 Å². The lowest BCUT2D eigenvalue weighted by Gasteiger charge is -2.14. The molecule has 0 N–H and O–H groups in total. The predicted molar refractivity (Wildman–Crippen MR) is 81.3 cm³/mol. The molecule has 2 aromatic heterocycles. The molecule has 110 valence electrons. The molecule has 6 heteroatoms. The summed E-state index contributed by atoms with van der Waals surface area (Å²) in [5, 5.41) is 8.38. The van der Waals surface area contributed by atoms with Crippen molar-refractivity contribution < 1.29 is 4.42 Å². The smallest absolute Gasteiger partial charge is 0.247 e. The van der Waals surface area contributed by atoms with Gasteiger partial charge in [-0.1, -0.05) is 18.2 Å². The zero-order valence-corrected chi connectivity index (χ0v) is 12.0. The minimum Gasteiger partial charge on any atom is -0.420 e. The first-order chi connectivity index (χ1) is 10.9. The van der Waals surface area contributed by atoms with Gasteiger partial charge in [0.15, 0.2) is 0 Å². The van der Waals surface area contributed by atoms with Gasteiger partial charge < -0.3 is 9.32 Å². The van der Waals surface area contributed by atoms with Gasteiger partial charge in [-0.15, -0.1) is 10.2 Å². The quantitative estimate of drug-likeness (QED) is 0.739. The van der Waals surface area contributed by atoms with E-state index in [0.29, 0.717) is 11.8 Å². The van der Waals surface area contributed by atoms with Gasteiger partial charge in [0.2, 0.25) is 17.7 Å². The first kappa shape index (κ1) is 12.9. The van der Waals surface area contributed by atoms with Crippen molar-refractivity contribution >= 4 is 5.95 Å². The third kappa shape index (κ3) is 2.43. The van der Waals surface area contributed by atoms with Crippen LogP contribution in [0.15, 0.2) is 53.2 Å². The number of benzene rings is 1. The van der Waals surface area contributed by atoms with E-state index >= 15 is 0 Å². The van der Waals surface area contributed by atoms with Gasteiger partial charge in [-0.05, 0) is 24.6 Å². The molecule has 0 bridgehead atoms. The van der Waals surface area contributed by atoms with Gasteiger partial charge in [0, 0.05) is 31.0 Å². The number of anilines is 1. The predicted octanol–water partition coefficient (Wildman–Crippen LogP) is 2.52. The van der Waals surface area contributed by atoms with E-state index < -0.39 is 0 Å². The number of nitrogens with zero attached hydrogens (tertiary/aromatic N) is 5. The second kappa shape index (κ2) is 5.55. The van der Waals surface area contributed by atoms with Crippen molar-refractivity contribution in [3.63, 3.8) is 0 Å². The van der Waals surface area contributed by atoms with Crippen LogP contribution in [0.3, 0.4) is 0 Å². The largest absolute Gasteiger partial charge is 0.420 e. The first-order valence-corrected chi connectivity index (χ1v) is 7.31. The van der Waals surface area contributed by atoms with Crippen molar-refractivity contribution in [2.45, 2.75) is 12.3 Å². The maximum absolute atomic E-state index is 5.85. The summed E-state index contributed by atoms with van der Waals surface area (Å²) in [4.78, 5) is 10.7. The molecule has 0 aliphatic carbocycles. The third-order valence-corrected chi connectivity index (χ3v) is 3.83. The van der Waals surface area contributed by atoms with Crippen LogP contribution in [-0.2, 0) is 0 Å². The van der Waals surface area contributed by atoms with Crippen LogP contribution in [0.5, 0.6) is 0 Å². The molecule has 1 fully saturated rings. The Morgan fingerprint density at radius 3 is 2.64 bits per heavy atom. The van der Waals surface area contributed by atoms with Crippen LogP contribution in [0.4, 0.5) is 5.95 Å². The van der Waals surface area contributed by atoms with E-state index in [4.69, 9.17) is 4.42 Å². The van der Waals surface area contributed by atoms with Crippen LogP contribution in [0.25, 0.3) is 11.5 Å². The van der Waals surface area contributed by atoms with Crippen molar-refractivity contribution in [3.05, 3.63) is 54.7 Å². The molecular weight excluding hydrogens is 278 g/mol. The van der Waals surface area contributed by atoms with Gasteiger partial charge in [0.25, 0.3) is 0 Å². The van der Waals surface area contributed by atoms with E-state index in [9.17, 15) is 0 Å². The highest BCUT2D eigenvalue weighted by Crippen LogP contribution is 2.29. The summed E-state index contributed by atoms with van der Waals surface area (Å²) >= 11 is 0. The highest BCUT2D eigenvalue weighted by molar-refractivity contribution is 5.51. The molecule has 1 saturated heterocycles. The van der Waals surface area contributed by atoms with Crippen molar-refractivity contribution in [3.8, 4) is 11.5 Å². The molecule has 4 rings (SSSR count). The Balaban J connectivity index is 1.51. The zero-order chi connectivity index (χ0) is 14.8.